The van der Waals surface area contributed by atoms with Crippen LogP contribution in [0.3, 0.4) is 0 Å². The van der Waals surface area contributed by atoms with Gasteiger partial charge in [0, 0.05) is 16.6 Å². The Morgan fingerprint density at radius 2 is 1.80 bits per heavy atom. The number of aromatic nitrogens is 1. The number of halogens is 3. The minimum absolute atomic E-state index is 0.0743. The predicted octanol–water partition coefficient (Wildman–Crippen LogP) is 6.58. The number of fused-ring (bicyclic) bond motifs is 3. The van der Waals surface area contributed by atoms with E-state index in [9.17, 15) is 13.2 Å². The monoisotopic (exact) mass is 415 g/mol. The highest BCUT2D eigenvalue weighted by Gasteiger charge is 2.35. The van der Waals surface area contributed by atoms with Crippen molar-refractivity contribution >= 4 is 10.9 Å². The standard InChI is InChI=1S/C24H24F3NO2/c25-24(26,27)20-12-15(8-11-23(20)30-16-4-1-2-5-16)14-29-17-9-10-22-19(13-17)18-6-3-7-21(18)28-22/h8-13,16,28H,1-7,14H2. The smallest absolute Gasteiger partial charge is 0.419 e. The molecule has 1 heterocycles. The van der Waals surface area contributed by atoms with Gasteiger partial charge in [0.15, 0.2) is 0 Å². The van der Waals surface area contributed by atoms with Gasteiger partial charge in [-0.3, -0.25) is 0 Å². The Morgan fingerprint density at radius 1 is 0.967 bits per heavy atom. The van der Waals surface area contributed by atoms with E-state index in [1.807, 2.05) is 18.2 Å². The Morgan fingerprint density at radius 3 is 2.60 bits per heavy atom. The van der Waals surface area contributed by atoms with Crippen LogP contribution in [0, 0.1) is 0 Å². The molecule has 5 rings (SSSR count). The normalized spacial score (nSPS) is 16.9. The van der Waals surface area contributed by atoms with Gasteiger partial charge in [0.25, 0.3) is 0 Å². The molecule has 0 amide bonds. The fraction of sp³-hybridized carbons (Fsp3) is 0.417. The molecule has 0 aliphatic heterocycles. The summed E-state index contributed by atoms with van der Waals surface area (Å²) in [7, 11) is 0. The van der Waals surface area contributed by atoms with Gasteiger partial charge >= 0.3 is 6.18 Å². The molecule has 2 aromatic carbocycles. The number of rotatable bonds is 5. The number of H-pyrrole nitrogens is 1. The van der Waals surface area contributed by atoms with Gasteiger partial charge in [0.2, 0.25) is 0 Å². The van der Waals surface area contributed by atoms with Crippen molar-refractivity contribution in [1.29, 1.82) is 0 Å². The topological polar surface area (TPSA) is 34.2 Å². The third-order valence-corrected chi connectivity index (χ3v) is 6.17. The lowest BCUT2D eigenvalue weighted by Crippen LogP contribution is -2.16. The molecule has 0 unspecified atom stereocenters. The van der Waals surface area contributed by atoms with Crippen LogP contribution in [0.5, 0.6) is 11.5 Å². The number of hydrogen-bond acceptors (Lipinski definition) is 2. The Bertz CT molecular complexity index is 1060. The Balaban J connectivity index is 1.35. The van der Waals surface area contributed by atoms with Crippen molar-refractivity contribution < 1.29 is 22.6 Å². The van der Waals surface area contributed by atoms with E-state index in [2.05, 4.69) is 4.98 Å². The van der Waals surface area contributed by atoms with Crippen LogP contribution in [0.2, 0.25) is 0 Å². The SMILES string of the molecule is FC(F)(F)c1cc(COc2ccc3[nH]c4c(c3c2)CCC4)ccc1OC1CCCC1. The van der Waals surface area contributed by atoms with E-state index in [-0.39, 0.29) is 18.5 Å². The van der Waals surface area contributed by atoms with Gasteiger partial charge < -0.3 is 14.5 Å². The average Bonchev–Trinajstić information content (AvgIpc) is 3.44. The van der Waals surface area contributed by atoms with E-state index in [1.54, 1.807) is 6.07 Å². The van der Waals surface area contributed by atoms with Crippen LogP contribution in [0.15, 0.2) is 36.4 Å². The van der Waals surface area contributed by atoms with E-state index in [4.69, 9.17) is 9.47 Å². The quantitative estimate of drug-likeness (QED) is 0.511. The average molecular weight is 415 g/mol. The first-order valence-corrected chi connectivity index (χ1v) is 10.6. The van der Waals surface area contributed by atoms with E-state index in [0.29, 0.717) is 11.3 Å². The molecule has 0 spiro atoms. The minimum Gasteiger partial charge on any atom is -0.490 e. The number of alkyl halides is 3. The number of ether oxygens (including phenoxy) is 2. The second kappa shape index (κ2) is 7.56. The maximum absolute atomic E-state index is 13.6. The molecule has 0 radical (unpaired) electrons. The zero-order valence-corrected chi connectivity index (χ0v) is 16.6. The molecule has 30 heavy (non-hydrogen) atoms. The molecule has 0 atom stereocenters. The Kier molecular flexibility index (Phi) is 4.88. The van der Waals surface area contributed by atoms with Gasteiger partial charge in [-0.1, -0.05) is 6.07 Å². The molecule has 0 bridgehead atoms. The summed E-state index contributed by atoms with van der Waals surface area (Å²) in [5, 5.41) is 1.15. The molecule has 1 saturated carbocycles. The van der Waals surface area contributed by atoms with Gasteiger partial charge in [-0.2, -0.15) is 13.2 Å². The lowest BCUT2D eigenvalue weighted by molar-refractivity contribution is -0.139. The Hall–Kier alpha value is -2.63. The third-order valence-electron chi connectivity index (χ3n) is 6.17. The third kappa shape index (κ3) is 3.75. The summed E-state index contributed by atoms with van der Waals surface area (Å²) in [5.74, 6) is 0.582. The fourth-order valence-electron chi connectivity index (χ4n) is 4.66. The van der Waals surface area contributed by atoms with E-state index in [1.165, 1.54) is 17.3 Å². The highest BCUT2D eigenvalue weighted by molar-refractivity contribution is 5.86. The molecular weight excluding hydrogens is 391 g/mol. The Labute approximate surface area is 173 Å². The highest BCUT2D eigenvalue weighted by Crippen LogP contribution is 2.39. The van der Waals surface area contributed by atoms with Gasteiger partial charge in [0.05, 0.1) is 11.7 Å². The van der Waals surface area contributed by atoms with Crippen LogP contribution in [-0.2, 0) is 25.6 Å². The van der Waals surface area contributed by atoms with Crippen molar-refractivity contribution in [3.8, 4) is 11.5 Å². The zero-order chi connectivity index (χ0) is 20.7. The first-order valence-electron chi connectivity index (χ1n) is 10.6. The summed E-state index contributed by atoms with van der Waals surface area (Å²) in [6.07, 6.45) is 2.32. The van der Waals surface area contributed by atoms with Crippen molar-refractivity contribution in [1.82, 2.24) is 4.98 Å². The van der Waals surface area contributed by atoms with Crippen LogP contribution in [0.1, 0.15) is 54.5 Å². The number of benzene rings is 2. The molecular formula is C24H24F3NO2. The first kappa shape index (κ1) is 19.3. The molecule has 0 saturated heterocycles. The molecule has 6 heteroatoms. The van der Waals surface area contributed by atoms with Crippen LogP contribution in [0.4, 0.5) is 13.2 Å². The summed E-state index contributed by atoms with van der Waals surface area (Å²) < 4.78 is 52.3. The summed E-state index contributed by atoms with van der Waals surface area (Å²) >= 11 is 0. The van der Waals surface area contributed by atoms with Gasteiger partial charge in [-0.05, 0) is 86.4 Å². The van der Waals surface area contributed by atoms with Crippen LogP contribution in [0.25, 0.3) is 10.9 Å². The van der Waals surface area contributed by atoms with Crippen molar-refractivity contribution in [3.63, 3.8) is 0 Å². The summed E-state index contributed by atoms with van der Waals surface area (Å²) in [6.45, 7) is 0.0743. The van der Waals surface area contributed by atoms with Crippen LogP contribution < -0.4 is 9.47 Å². The predicted molar refractivity (Wildman–Crippen MR) is 109 cm³/mol. The highest BCUT2D eigenvalue weighted by atomic mass is 19.4. The minimum atomic E-state index is -4.46. The van der Waals surface area contributed by atoms with Crippen molar-refractivity contribution in [2.75, 3.05) is 0 Å². The number of aryl methyl sites for hydroxylation is 2. The lowest BCUT2D eigenvalue weighted by Gasteiger charge is -2.19. The van der Waals surface area contributed by atoms with Crippen LogP contribution >= 0.6 is 0 Å². The molecule has 3 aromatic rings. The molecule has 3 nitrogen and oxygen atoms in total. The summed E-state index contributed by atoms with van der Waals surface area (Å²) in [5.41, 5.74) is 3.45. The molecule has 1 aromatic heterocycles. The number of hydrogen-bond donors (Lipinski definition) is 1. The second-order valence-corrected chi connectivity index (χ2v) is 8.28. The van der Waals surface area contributed by atoms with Crippen molar-refractivity contribution in [2.24, 2.45) is 0 Å². The van der Waals surface area contributed by atoms with Crippen molar-refractivity contribution in [3.05, 3.63) is 58.8 Å². The molecule has 1 fully saturated rings. The molecule has 2 aliphatic carbocycles. The summed E-state index contributed by atoms with van der Waals surface area (Å²) in [6, 6.07) is 10.1. The van der Waals surface area contributed by atoms with Gasteiger partial charge in [-0.25, -0.2) is 0 Å². The fourth-order valence-corrected chi connectivity index (χ4v) is 4.66. The lowest BCUT2D eigenvalue weighted by atomic mass is 10.1. The van der Waals surface area contributed by atoms with E-state index < -0.39 is 11.7 Å². The van der Waals surface area contributed by atoms with Gasteiger partial charge in [-0.15, -0.1) is 0 Å². The molecule has 158 valence electrons. The first-order chi connectivity index (χ1) is 14.5. The zero-order valence-electron chi connectivity index (χ0n) is 16.6. The van der Waals surface area contributed by atoms with Gasteiger partial charge in [0.1, 0.15) is 18.1 Å². The van der Waals surface area contributed by atoms with Crippen LogP contribution in [-0.4, -0.2) is 11.1 Å². The summed E-state index contributed by atoms with van der Waals surface area (Å²) in [4.78, 5) is 3.44. The van der Waals surface area contributed by atoms with E-state index in [0.717, 1.165) is 61.9 Å². The maximum atomic E-state index is 13.6. The number of nitrogens with one attached hydrogen (secondary N) is 1. The van der Waals surface area contributed by atoms with E-state index >= 15 is 0 Å². The van der Waals surface area contributed by atoms with Crippen molar-refractivity contribution in [2.45, 2.75) is 63.8 Å². The number of aromatic amines is 1. The maximum Gasteiger partial charge on any atom is 0.419 e. The largest absolute Gasteiger partial charge is 0.490 e. The molecule has 2 aliphatic rings. The molecule has 1 N–H and O–H groups in total. The second-order valence-electron chi connectivity index (χ2n) is 8.28.